The standard InChI is InChI=1S/C25H26N4O6/c1-34-13-22(24(31)32)28-23(30)21(10-15-11-26-14-27-15)29-25(33)35-12-20-18-8-4-2-6-16(18)17-7-3-5-9-19(17)20/h2-9,11,14,20-22H,10,12-13H2,1H3,(H,26,27)(H,28,30)(H,29,33)(H,31,32)/t21-,22?/m1/s1. The summed E-state index contributed by atoms with van der Waals surface area (Å²) in [5.41, 5.74) is 4.93. The Balaban J connectivity index is 1.44. The minimum atomic E-state index is -1.26. The Bertz CT molecular complexity index is 1150. The molecule has 0 fully saturated rings. The fraction of sp³-hybridized carbons (Fsp3) is 0.280. The molecule has 35 heavy (non-hydrogen) atoms. The van der Waals surface area contributed by atoms with Crippen LogP contribution >= 0.6 is 0 Å². The number of amides is 2. The second-order valence-corrected chi connectivity index (χ2v) is 8.16. The lowest BCUT2D eigenvalue weighted by atomic mass is 9.98. The van der Waals surface area contributed by atoms with Crippen LogP contribution in [0.3, 0.4) is 0 Å². The van der Waals surface area contributed by atoms with Gasteiger partial charge in [-0.05, 0) is 22.3 Å². The Morgan fingerprint density at radius 3 is 2.26 bits per heavy atom. The van der Waals surface area contributed by atoms with Crippen molar-refractivity contribution in [3.63, 3.8) is 0 Å². The molecule has 1 heterocycles. The van der Waals surface area contributed by atoms with Crippen molar-refractivity contribution < 1.29 is 29.0 Å². The van der Waals surface area contributed by atoms with E-state index in [-0.39, 0.29) is 25.6 Å². The van der Waals surface area contributed by atoms with Crippen molar-refractivity contribution in [1.82, 2.24) is 20.6 Å². The van der Waals surface area contributed by atoms with Gasteiger partial charge in [0.25, 0.3) is 0 Å². The number of carbonyl (C=O) groups is 3. The first-order valence-corrected chi connectivity index (χ1v) is 11.1. The topological polar surface area (TPSA) is 143 Å². The molecule has 10 heteroatoms. The molecule has 10 nitrogen and oxygen atoms in total. The first kappa shape index (κ1) is 24.0. The van der Waals surface area contributed by atoms with Crippen molar-refractivity contribution >= 4 is 18.0 Å². The fourth-order valence-electron chi connectivity index (χ4n) is 4.22. The van der Waals surface area contributed by atoms with Crippen LogP contribution in [0.2, 0.25) is 0 Å². The van der Waals surface area contributed by atoms with Gasteiger partial charge in [0.2, 0.25) is 5.91 Å². The Morgan fingerprint density at radius 2 is 1.69 bits per heavy atom. The molecule has 1 aliphatic carbocycles. The van der Waals surface area contributed by atoms with Crippen molar-refractivity contribution in [3.8, 4) is 11.1 Å². The third kappa shape index (κ3) is 5.49. The Kier molecular flexibility index (Phi) is 7.41. The normalized spacial score (nSPS) is 13.9. The zero-order valence-corrected chi connectivity index (χ0v) is 19.1. The summed E-state index contributed by atoms with van der Waals surface area (Å²) >= 11 is 0. The number of benzene rings is 2. The van der Waals surface area contributed by atoms with Crippen molar-refractivity contribution in [1.29, 1.82) is 0 Å². The van der Waals surface area contributed by atoms with Gasteiger partial charge in [0.15, 0.2) is 6.04 Å². The quantitative estimate of drug-likeness (QED) is 0.349. The molecule has 0 spiro atoms. The minimum absolute atomic E-state index is 0.0648. The van der Waals surface area contributed by atoms with Gasteiger partial charge < -0.3 is 30.2 Å². The number of rotatable bonds is 10. The molecule has 1 unspecified atom stereocenters. The number of nitrogens with zero attached hydrogens (tertiary/aromatic N) is 1. The maximum atomic E-state index is 12.8. The van der Waals surface area contributed by atoms with Crippen LogP contribution in [0.25, 0.3) is 11.1 Å². The lowest BCUT2D eigenvalue weighted by molar-refractivity contribution is -0.143. The number of carboxylic acids is 1. The Morgan fingerprint density at radius 1 is 1.03 bits per heavy atom. The molecule has 4 N–H and O–H groups in total. The maximum Gasteiger partial charge on any atom is 0.407 e. The third-order valence-corrected chi connectivity index (χ3v) is 5.88. The first-order chi connectivity index (χ1) is 17.0. The molecule has 0 aliphatic heterocycles. The molecular weight excluding hydrogens is 452 g/mol. The van der Waals surface area contributed by atoms with Crippen LogP contribution in [0.15, 0.2) is 61.1 Å². The molecule has 182 valence electrons. The van der Waals surface area contributed by atoms with Gasteiger partial charge in [-0.3, -0.25) is 4.79 Å². The van der Waals surface area contributed by atoms with Crippen LogP contribution in [0.4, 0.5) is 4.79 Å². The SMILES string of the molecule is COCC(NC(=O)[C@@H](Cc1cnc[nH]1)NC(=O)OCC1c2ccccc2-c2ccccc21)C(=O)O. The summed E-state index contributed by atoms with van der Waals surface area (Å²) < 4.78 is 10.4. The minimum Gasteiger partial charge on any atom is -0.480 e. The summed E-state index contributed by atoms with van der Waals surface area (Å²) in [5.74, 6) is -2.06. The van der Waals surface area contributed by atoms with Crippen LogP contribution in [0, 0.1) is 0 Å². The third-order valence-electron chi connectivity index (χ3n) is 5.88. The number of carbonyl (C=O) groups excluding carboxylic acids is 2. The van der Waals surface area contributed by atoms with E-state index in [4.69, 9.17) is 9.47 Å². The number of alkyl carbamates (subject to hydrolysis) is 1. The second kappa shape index (κ2) is 10.8. The smallest absolute Gasteiger partial charge is 0.407 e. The molecule has 3 aromatic rings. The van der Waals surface area contributed by atoms with Gasteiger partial charge >= 0.3 is 12.1 Å². The lowest BCUT2D eigenvalue weighted by Gasteiger charge is -2.21. The number of nitrogens with one attached hydrogen (secondary N) is 3. The molecule has 1 aliphatic rings. The number of carboxylic acid groups (broad SMARTS) is 1. The number of H-pyrrole nitrogens is 1. The number of imidazole rings is 1. The molecule has 0 saturated carbocycles. The van der Waals surface area contributed by atoms with E-state index in [1.807, 2.05) is 48.5 Å². The Labute approximate surface area is 201 Å². The summed E-state index contributed by atoms with van der Waals surface area (Å²) in [6, 6.07) is 13.6. The number of ether oxygens (including phenoxy) is 2. The van der Waals surface area contributed by atoms with Gasteiger partial charge in [-0.25, -0.2) is 14.6 Å². The highest BCUT2D eigenvalue weighted by Crippen LogP contribution is 2.44. The van der Waals surface area contributed by atoms with E-state index in [1.165, 1.54) is 19.6 Å². The van der Waals surface area contributed by atoms with Crippen LogP contribution in [-0.2, 0) is 25.5 Å². The monoisotopic (exact) mass is 478 g/mol. The van der Waals surface area contributed by atoms with Gasteiger partial charge in [0.1, 0.15) is 12.6 Å². The number of aliphatic carboxylic acids is 1. The fourth-order valence-corrected chi connectivity index (χ4v) is 4.22. The van der Waals surface area contributed by atoms with Gasteiger partial charge in [0, 0.05) is 31.3 Å². The van der Waals surface area contributed by atoms with E-state index in [9.17, 15) is 19.5 Å². The molecule has 4 rings (SSSR count). The van der Waals surface area contributed by atoms with E-state index >= 15 is 0 Å². The van der Waals surface area contributed by atoms with E-state index < -0.39 is 30.1 Å². The predicted octanol–water partition coefficient (Wildman–Crippen LogP) is 2.08. The molecule has 2 atom stereocenters. The number of hydrogen-bond acceptors (Lipinski definition) is 6. The zero-order valence-electron chi connectivity index (χ0n) is 19.1. The number of aromatic nitrogens is 2. The van der Waals surface area contributed by atoms with Crippen molar-refractivity contribution in [2.45, 2.75) is 24.4 Å². The summed E-state index contributed by atoms with van der Waals surface area (Å²) in [5, 5.41) is 14.3. The van der Waals surface area contributed by atoms with Gasteiger partial charge in [-0.2, -0.15) is 0 Å². The number of hydrogen-bond donors (Lipinski definition) is 4. The molecule has 1 aromatic heterocycles. The molecule has 0 saturated heterocycles. The molecule has 2 aromatic carbocycles. The van der Waals surface area contributed by atoms with Gasteiger partial charge in [-0.1, -0.05) is 48.5 Å². The highest BCUT2D eigenvalue weighted by Gasteiger charge is 2.31. The predicted molar refractivity (Wildman–Crippen MR) is 126 cm³/mol. The summed E-state index contributed by atoms with van der Waals surface area (Å²) in [7, 11) is 1.33. The van der Waals surface area contributed by atoms with Crippen LogP contribution in [0.5, 0.6) is 0 Å². The highest BCUT2D eigenvalue weighted by atomic mass is 16.5. The van der Waals surface area contributed by atoms with E-state index in [0.717, 1.165) is 22.3 Å². The van der Waals surface area contributed by atoms with E-state index in [1.54, 1.807) is 0 Å². The number of fused-ring (bicyclic) bond motifs is 3. The number of aromatic amines is 1. The van der Waals surface area contributed by atoms with Crippen molar-refractivity contribution in [2.75, 3.05) is 20.3 Å². The van der Waals surface area contributed by atoms with Gasteiger partial charge in [-0.15, -0.1) is 0 Å². The molecule has 0 bridgehead atoms. The van der Waals surface area contributed by atoms with Crippen LogP contribution < -0.4 is 10.6 Å². The summed E-state index contributed by atoms with van der Waals surface area (Å²) in [4.78, 5) is 43.8. The molecule has 2 amide bonds. The Hall–Kier alpha value is -4.18. The molecule has 0 radical (unpaired) electrons. The average molecular weight is 479 g/mol. The zero-order chi connectivity index (χ0) is 24.8. The summed E-state index contributed by atoms with van der Waals surface area (Å²) in [6.45, 7) is -0.136. The largest absolute Gasteiger partial charge is 0.480 e. The lowest BCUT2D eigenvalue weighted by Crippen LogP contribution is -2.53. The van der Waals surface area contributed by atoms with Crippen molar-refractivity contribution in [3.05, 3.63) is 77.9 Å². The second-order valence-electron chi connectivity index (χ2n) is 8.16. The van der Waals surface area contributed by atoms with Crippen LogP contribution in [-0.4, -0.2) is 65.5 Å². The van der Waals surface area contributed by atoms with E-state index in [2.05, 4.69) is 20.6 Å². The van der Waals surface area contributed by atoms with E-state index in [0.29, 0.717) is 5.69 Å². The van der Waals surface area contributed by atoms with Crippen LogP contribution in [0.1, 0.15) is 22.7 Å². The number of methoxy groups -OCH3 is 1. The van der Waals surface area contributed by atoms with Gasteiger partial charge in [0.05, 0.1) is 12.9 Å². The molecular formula is C25H26N4O6. The van der Waals surface area contributed by atoms with Crippen molar-refractivity contribution in [2.24, 2.45) is 0 Å². The highest BCUT2D eigenvalue weighted by molar-refractivity contribution is 5.89. The average Bonchev–Trinajstić information content (AvgIpc) is 3.48. The summed E-state index contributed by atoms with van der Waals surface area (Å²) in [6.07, 6.45) is 2.24. The first-order valence-electron chi connectivity index (χ1n) is 11.1. The maximum absolute atomic E-state index is 12.8.